The molecule has 2 atom stereocenters. The number of aromatic nitrogens is 2. The van der Waals surface area contributed by atoms with Crippen molar-refractivity contribution in [3.63, 3.8) is 0 Å². The predicted molar refractivity (Wildman–Crippen MR) is 120 cm³/mol. The number of hydrogen-bond acceptors (Lipinski definition) is 6. The van der Waals surface area contributed by atoms with E-state index in [9.17, 15) is 19.7 Å². The molecule has 0 spiro atoms. The van der Waals surface area contributed by atoms with Crippen LogP contribution < -0.4 is 10.1 Å². The number of aryl methyl sites for hydroxylation is 1. The Morgan fingerprint density at radius 3 is 2.85 bits per heavy atom. The standard InChI is InChI=1S/C23H23N5O5/c1-23(21(29)25-17-12-15(28(31)32)9-10-19(17)33-23)22(30)27-11-5-6-14(13-27)20-24-16-7-3-4-8-18(16)26(20)2/h3-4,7-10,12,14H,5-6,11,13H2,1-2H3,(H,25,29). The van der Waals surface area contributed by atoms with Gasteiger partial charge in [-0.1, -0.05) is 12.1 Å². The summed E-state index contributed by atoms with van der Waals surface area (Å²) in [5.41, 5.74) is 0.177. The number of piperidine rings is 1. The number of nitrogens with one attached hydrogen (secondary N) is 1. The van der Waals surface area contributed by atoms with Crippen LogP contribution in [0.4, 0.5) is 11.4 Å². The molecule has 0 saturated carbocycles. The van der Waals surface area contributed by atoms with E-state index in [1.165, 1.54) is 25.1 Å². The Labute approximate surface area is 189 Å². The number of rotatable bonds is 3. The number of nitrogens with zero attached hydrogens (tertiary/aromatic N) is 4. The molecule has 0 radical (unpaired) electrons. The fraction of sp³-hybridized carbons (Fsp3) is 0.348. The average Bonchev–Trinajstić information content (AvgIpc) is 3.15. The minimum absolute atomic E-state index is 0.0327. The van der Waals surface area contributed by atoms with Crippen molar-refractivity contribution in [1.29, 1.82) is 0 Å². The van der Waals surface area contributed by atoms with Crippen molar-refractivity contribution in [2.75, 3.05) is 18.4 Å². The lowest BCUT2D eigenvalue weighted by Crippen LogP contribution is -2.60. The van der Waals surface area contributed by atoms with E-state index in [1.54, 1.807) is 4.90 Å². The van der Waals surface area contributed by atoms with Crippen LogP contribution in [0.3, 0.4) is 0 Å². The highest BCUT2D eigenvalue weighted by molar-refractivity contribution is 6.15. The zero-order valence-electron chi connectivity index (χ0n) is 18.3. The smallest absolute Gasteiger partial charge is 0.278 e. The Bertz CT molecular complexity index is 1300. The molecule has 1 saturated heterocycles. The Morgan fingerprint density at radius 1 is 1.30 bits per heavy atom. The number of likely N-dealkylation sites (tertiary alicyclic amines) is 1. The number of non-ortho nitro benzene ring substituents is 1. The first-order chi connectivity index (χ1) is 15.8. The van der Waals surface area contributed by atoms with Gasteiger partial charge >= 0.3 is 0 Å². The van der Waals surface area contributed by atoms with Gasteiger partial charge in [-0.25, -0.2) is 4.98 Å². The van der Waals surface area contributed by atoms with E-state index in [2.05, 4.69) is 9.88 Å². The molecule has 10 heteroatoms. The van der Waals surface area contributed by atoms with Crippen molar-refractivity contribution in [3.8, 4) is 5.75 Å². The molecule has 1 aromatic heterocycles. The summed E-state index contributed by atoms with van der Waals surface area (Å²) in [7, 11) is 1.97. The van der Waals surface area contributed by atoms with Crippen LogP contribution in [0.15, 0.2) is 42.5 Å². The van der Waals surface area contributed by atoms with Gasteiger partial charge in [0.1, 0.15) is 11.6 Å². The van der Waals surface area contributed by atoms with E-state index in [1.807, 2.05) is 31.3 Å². The maximum Gasteiger partial charge on any atom is 0.278 e. The summed E-state index contributed by atoms with van der Waals surface area (Å²) in [5.74, 6) is 0.0774. The SMILES string of the molecule is Cn1c(C2CCCN(C(=O)C3(C)Oc4ccc([N+](=O)[O-])cc4NC3=O)C2)nc2ccccc21. The van der Waals surface area contributed by atoms with Crippen LogP contribution in [0.1, 0.15) is 31.5 Å². The molecule has 5 rings (SSSR count). The summed E-state index contributed by atoms with van der Waals surface area (Å²) in [5, 5.41) is 13.6. The molecule has 0 bridgehead atoms. The van der Waals surface area contributed by atoms with E-state index in [0.717, 1.165) is 29.7 Å². The quantitative estimate of drug-likeness (QED) is 0.373. The van der Waals surface area contributed by atoms with Crippen LogP contribution in [0.25, 0.3) is 11.0 Å². The number of carbonyl (C=O) groups is 2. The molecule has 3 heterocycles. The fourth-order valence-electron chi connectivity index (χ4n) is 4.67. The summed E-state index contributed by atoms with van der Waals surface area (Å²) in [4.78, 5) is 43.3. The third-order valence-corrected chi connectivity index (χ3v) is 6.47. The minimum Gasteiger partial charge on any atom is -0.466 e. The first kappa shape index (κ1) is 20.9. The number of anilines is 1. The van der Waals surface area contributed by atoms with Gasteiger partial charge in [0, 0.05) is 38.2 Å². The number of hydrogen-bond donors (Lipinski definition) is 1. The molecule has 0 aliphatic carbocycles. The molecule has 2 aliphatic heterocycles. The molecule has 2 aliphatic rings. The maximum absolute atomic E-state index is 13.5. The average molecular weight is 449 g/mol. The number of ether oxygens (including phenoxy) is 1. The lowest BCUT2D eigenvalue weighted by atomic mass is 9.94. The molecule has 170 valence electrons. The number of nitro benzene ring substituents is 1. The normalized spacial score (nSPS) is 22.4. The van der Waals surface area contributed by atoms with Gasteiger partial charge < -0.3 is 19.5 Å². The fourth-order valence-corrected chi connectivity index (χ4v) is 4.67. The van der Waals surface area contributed by atoms with Gasteiger partial charge in [-0.15, -0.1) is 0 Å². The van der Waals surface area contributed by atoms with E-state index in [0.29, 0.717) is 13.1 Å². The summed E-state index contributed by atoms with van der Waals surface area (Å²) in [6.07, 6.45) is 1.66. The van der Waals surface area contributed by atoms with Crippen molar-refractivity contribution in [2.45, 2.75) is 31.3 Å². The summed E-state index contributed by atoms with van der Waals surface area (Å²) in [6.45, 7) is 2.38. The topological polar surface area (TPSA) is 120 Å². The van der Waals surface area contributed by atoms with Crippen LogP contribution in [0, 0.1) is 10.1 Å². The highest BCUT2D eigenvalue weighted by Crippen LogP contribution is 2.38. The first-order valence-electron chi connectivity index (χ1n) is 10.8. The number of para-hydroxylation sites is 2. The number of fused-ring (bicyclic) bond motifs is 2. The molecule has 33 heavy (non-hydrogen) atoms. The van der Waals surface area contributed by atoms with Gasteiger partial charge in [-0.2, -0.15) is 0 Å². The minimum atomic E-state index is -1.77. The summed E-state index contributed by atoms with van der Waals surface area (Å²) in [6, 6.07) is 11.8. The van der Waals surface area contributed by atoms with Gasteiger partial charge in [0.25, 0.3) is 23.1 Å². The Kier molecular flexibility index (Phi) is 4.80. The number of imidazole rings is 1. The predicted octanol–water partition coefficient (Wildman–Crippen LogP) is 2.98. The molecular weight excluding hydrogens is 426 g/mol. The highest BCUT2D eigenvalue weighted by Gasteiger charge is 2.50. The van der Waals surface area contributed by atoms with Gasteiger partial charge in [0.2, 0.25) is 0 Å². The number of amides is 2. The molecular formula is C23H23N5O5. The second-order valence-corrected chi connectivity index (χ2v) is 8.64. The summed E-state index contributed by atoms with van der Waals surface area (Å²) < 4.78 is 7.91. The molecule has 10 nitrogen and oxygen atoms in total. The van der Waals surface area contributed by atoms with Crippen molar-refractivity contribution in [3.05, 3.63) is 58.4 Å². The maximum atomic E-state index is 13.5. The number of carbonyl (C=O) groups excluding carboxylic acids is 2. The van der Waals surface area contributed by atoms with Gasteiger partial charge in [-0.3, -0.25) is 19.7 Å². The molecule has 2 unspecified atom stereocenters. The van der Waals surface area contributed by atoms with Crippen LogP contribution in [-0.4, -0.2) is 49.9 Å². The summed E-state index contributed by atoms with van der Waals surface area (Å²) >= 11 is 0. The third-order valence-electron chi connectivity index (χ3n) is 6.47. The second-order valence-electron chi connectivity index (χ2n) is 8.64. The van der Waals surface area contributed by atoms with Crippen molar-refractivity contribution >= 4 is 34.2 Å². The monoisotopic (exact) mass is 449 g/mol. The highest BCUT2D eigenvalue weighted by atomic mass is 16.6. The molecule has 1 fully saturated rings. The van der Waals surface area contributed by atoms with Crippen LogP contribution >= 0.6 is 0 Å². The lowest BCUT2D eigenvalue weighted by Gasteiger charge is -2.39. The third kappa shape index (κ3) is 3.38. The van der Waals surface area contributed by atoms with Gasteiger partial charge in [0.05, 0.1) is 21.6 Å². The Hall–Kier alpha value is -3.95. The second kappa shape index (κ2) is 7.58. The van der Waals surface area contributed by atoms with Crippen molar-refractivity contribution < 1.29 is 19.2 Å². The van der Waals surface area contributed by atoms with E-state index < -0.39 is 22.3 Å². The van der Waals surface area contributed by atoms with Crippen LogP contribution in [0.2, 0.25) is 0 Å². The zero-order chi connectivity index (χ0) is 23.3. The molecule has 2 aromatic carbocycles. The van der Waals surface area contributed by atoms with Gasteiger partial charge in [0.15, 0.2) is 0 Å². The van der Waals surface area contributed by atoms with Crippen LogP contribution in [-0.2, 0) is 16.6 Å². The first-order valence-corrected chi connectivity index (χ1v) is 10.8. The lowest BCUT2D eigenvalue weighted by molar-refractivity contribution is -0.384. The van der Waals surface area contributed by atoms with Crippen molar-refractivity contribution in [2.24, 2.45) is 7.05 Å². The molecule has 2 amide bonds. The van der Waals surface area contributed by atoms with E-state index in [-0.39, 0.29) is 23.0 Å². The zero-order valence-corrected chi connectivity index (χ0v) is 18.3. The molecule has 1 N–H and O–H groups in total. The number of nitro groups is 1. The van der Waals surface area contributed by atoms with Crippen LogP contribution in [0.5, 0.6) is 5.75 Å². The Balaban J connectivity index is 1.40. The number of benzene rings is 2. The largest absolute Gasteiger partial charge is 0.466 e. The van der Waals surface area contributed by atoms with Crippen molar-refractivity contribution in [1.82, 2.24) is 14.5 Å². The van der Waals surface area contributed by atoms with Gasteiger partial charge in [-0.05, 0) is 38.0 Å². The van der Waals surface area contributed by atoms with E-state index >= 15 is 0 Å². The Morgan fingerprint density at radius 2 is 2.09 bits per heavy atom. The van der Waals surface area contributed by atoms with E-state index in [4.69, 9.17) is 9.72 Å². The molecule has 3 aromatic rings.